The molecule has 27 heavy (non-hydrogen) atoms. The largest absolute Gasteiger partial charge is 0.326 e. The van der Waals surface area contributed by atoms with Gasteiger partial charge in [0.1, 0.15) is 0 Å². The van der Waals surface area contributed by atoms with Crippen molar-refractivity contribution < 1.29 is 9.59 Å². The molecule has 0 aliphatic heterocycles. The van der Waals surface area contributed by atoms with E-state index < -0.39 is 0 Å². The molecule has 0 atom stereocenters. The quantitative estimate of drug-likeness (QED) is 0.863. The topological polar surface area (TPSA) is 73.2 Å². The second-order valence-electron chi connectivity index (χ2n) is 7.43. The number of carbonyl (C=O) groups excluding carboxylic acids is 2. The van der Waals surface area contributed by atoms with E-state index in [1.807, 2.05) is 24.3 Å². The number of nitriles is 1. The number of hydrogen-bond donors (Lipinski definition) is 1. The van der Waals surface area contributed by atoms with Crippen LogP contribution in [0.15, 0.2) is 48.5 Å². The number of nitrogens with zero attached hydrogens (tertiary/aromatic N) is 2. The van der Waals surface area contributed by atoms with Crippen LogP contribution in [0.4, 0.5) is 11.4 Å². The Hall–Kier alpha value is -3.13. The molecule has 0 radical (unpaired) electrons. The van der Waals surface area contributed by atoms with Gasteiger partial charge in [-0.2, -0.15) is 5.26 Å². The number of anilines is 2. The van der Waals surface area contributed by atoms with Crippen LogP contribution in [0.25, 0.3) is 0 Å². The van der Waals surface area contributed by atoms with Crippen molar-refractivity contribution in [1.29, 1.82) is 5.26 Å². The van der Waals surface area contributed by atoms with Crippen LogP contribution in [-0.4, -0.2) is 18.4 Å². The zero-order chi connectivity index (χ0) is 20.0. The van der Waals surface area contributed by atoms with Gasteiger partial charge in [-0.25, -0.2) is 0 Å². The smallest absolute Gasteiger partial charge is 0.226 e. The number of carbonyl (C=O) groups is 2. The summed E-state index contributed by atoms with van der Waals surface area (Å²) in [5.74, 6) is -0.331. The Morgan fingerprint density at radius 2 is 1.81 bits per heavy atom. The van der Waals surface area contributed by atoms with Crippen molar-refractivity contribution in [1.82, 2.24) is 0 Å². The summed E-state index contributed by atoms with van der Waals surface area (Å²) < 4.78 is 0. The highest BCUT2D eigenvalue weighted by molar-refractivity contribution is 5.95. The number of hydrogen-bond acceptors (Lipinski definition) is 3. The molecule has 0 aliphatic rings. The zero-order valence-electron chi connectivity index (χ0n) is 16.2. The van der Waals surface area contributed by atoms with Gasteiger partial charge in [-0.3, -0.25) is 9.59 Å². The summed E-state index contributed by atoms with van der Waals surface area (Å²) in [6.45, 7) is 7.98. The monoisotopic (exact) mass is 363 g/mol. The first-order valence-corrected chi connectivity index (χ1v) is 8.90. The van der Waals surface area contributed by atoms with Gasteiger partial charge in [0.15, 0.2) is 0 Å². The lowest BCUT2D eigenvalue weighted by molar-refractivity contribution is -0.117. The minimum Gasteiger partial charge on any atom is -0.326 e. The molecule has 0 unspecified atom stereocenters. The Bertz CT molecular complexity index is 876. The summed E-state index contributed by atoms with van der Waals surface area (Å²) in [5, 5.41) is 12.0. The van der Waals surface area contributed by atoms with Crippen molar-refractivity contribution >= 4 is 23.2 Å². The Labute approximate surface area is 160 Å². The van der Waals surface area contributed by atoms with Gasteiger partial charge in [0.2, 0.25) is 11.8 Å². The summed E-state index contributed by atoms with van der Waals surface area (Å²) in [4.78, 5) is 26.0. The van der Waals surface area contributed by atoms with Crippen molar-refractivity contribution in [3.8, 4) is 6.07 Å². The van der Waals surface area contributed by atoms with E-state index >= 15 is 0 Å². The van der Waals surface area contributed by atoms with Crippen LogP contribution in [0.1, 0.15) is 45.2 Å². The summed E-state index contributed by atoms with van der Waals surface area (Å²) in [6.07, 6.45) is 0.162. The van der Waals surface area contributed by atoms with Crippen LogP contribution in [0.5, 0.6) is 0 Å². The normalized spacial score (nSPS) is 10.8. The van der Waals surface area contributed by atoms with Crippen molar-refractivity contribution in [3.05, 3.63) is 59.7 Å². The molecule has 2 rings (SSSR count). The van der Waals surface area contributed by atoms with E-state index in [0.717, 1.165) is 11.3 Å². The Morgan fingerprint density at radius 1 is 1.11 bits per heavy atom. The molecule has 1 N–H and O–H groups in total. The minimum atomic E-state index is -0.173. The summed E-state index contributed by atoms with van der Waals surface area (Å²) in [6, 6.07) is 16.6. The maximum Gasteiger partial charge on any atom is 0.226 e. The SMILES string of the molecule is CC(=O)N(CCC(=O)Nc1ccccc1C(C)(C)C)c1cccc(C#N)c1. The molecular weight excluding hydrogens is 338 g/mol. The molecule has 5 nitrogen and oxygen atoms in total. The highest BCUT2D eigenvalue weighted by Gasteiger charge is 2.19. The van der Waals surface area contributed by atoms with E-state index in [9.17, 15) is 9.59 Å². The van der Waals surface area contributed by atoms with E-state index in [2.05, 4.69) is 32.2 Å². The first kappa shape index (κ1) is 20.2. The molecule has 0 heterocycles. The second kappa shape index (κ2) is 8.50. The zero-order valence-corrected chi connectivity index (χ0v) is 16.2. The lowest BCUT2D eigenvalue weighted by atomic mass is 9.86. The third-order valence-electron chi connectivity index (χ3n) is 4.24. The van der Waals surface area contributed by atoms with Gasteiger partial charge in [-0.05, 0) is 35.2 Å². The van der Waals surface area contributed by atoms with Crippen molar-refractivity contribution in [2.24, 2.45) is 0 Å². The van der Waals surface area contributed by atoms with Gasteiger partial charge >= 0.3 is 0 Å². The number of para-hydroxylation sites is 1. The average molecular weight is 363 g/mol. The fourth-order valence-electron chi connectivity index (χ4n) is 2.88. The lowest BCUT2D eigenvalue weighted by Crippen LogP contribution is -2.32. The fraction of sp³-hybridized carbons (Fsp3) is 0.318. The van der Waals surface area contributed by atoms with Crippen LogP contribution in [0.3, 0.4) is 0 Å². The van der Waals surface area contributed by atoms with Crippen molar-refractivity contribution in [2.75, 3.05) is 16.8 Å². The maximum atomic E-state index is 12.5. The standard InChI is InChI=1S/C22H25N3O2/c1-16(26)25(18-9-7-8-17(14-18)15-23)13-12-21(27)24-20-11-6-5-10-19(20)22(2,3)4/h5-11,14H,12-13H2,1-4H3,(H,24,27). The molecule has 2 amide bonds. The molecule has 0 aliphatic carbocycles. The minimum absolute atomic E-state index is 0.0903. The third kappa shape index (κ3) is 5.42. The van der Waals surface area contributed by atoms with Gasteiger partial charge in [0.25, 0.3) is 0 Å². The number of nitrogens with one attached hydrogen (secondary N) is 1. The van der Waals surface area contributed by atoms with Gasteiger partial charge in [0, 0.05) is 31.3 Å². The summed E-state index contributed by atoms with van der Waals surface area (Å²) in [7, 11) is 0. The van der Waals surface area contributed by atoms with Gasteiger partial charge in [-0.15, -0.1) is 0 Å². The van der Waals surface area contributed by atoms with Crippen molar-refractivity contribution in [2.45, 2.75) is 39.5 Å². The van der Waals surface area contributed by atoms with Gasteiger partial charge < -0.3 is 10.2 Å². The van der Waals surface area contributed by atoms with E-state index in [1.54, 1.807) is 24.3 Å². The highest BCUT2D eigenvalue weighted by atomic mass is 16.2. The molecule has 2 aromatic rings. The molecule has 0 saturated heterocycles. The lowest BCUT2D eigenvalue weighted by Gasteiger charge is -2.24. The molecule has 0 bridgehead atoms. The number of amides is 2. The van der Waals surface area contributed by atoms with Crippen LogP contribution >= 0.6 is 0 Å². The predicted molar refractivity (Wildman–Crippen MR) is 108 cm³/mol. The van der Waals surface area contributed by atoms with Gasteiger partial charge in [0.05, 0.1) is 11.6 Å². The van der Waals surface area contributed by atoms with Crippen LogP contribution in [-0.2, 0) is 15.0 Å². The number of rotatable bonds is 5. The molecular formula is C22H25N3O2. The van der Waals surface area contributed by atoms with Crippen LogP contribution in [0.2, 0.25) is 0 Å². The highest BCUT2D eigenvalue weighted by Crippen LogP contribution is 2.29. The molecule has 0 spiro atoms. The Balaban J connectivity index is 2.10. The summed E-state index contributed by atoms with van der Waals surface area (Å²) >= 11 is 0. The summed E-state index contributed by atoms with van der Waals surface area (Å²) in [5.41, 5.74) is 2.85. The first-order valence-electron chi connectivity index (χ1n) is 8.90. The molecule has 5 heteroatoms. The van der Waals surface area contributed by atoms with Gasteiger partial charge in [-0.1, -0.05) is 45.0 Å². The Kier molecular flexibility index (Phi) is 6.36. The van der Waals surface area contributed by atoms with E-state index in [1.165, 1.54) is 11.8 Å². The van der Waals surface area contributed by atoms with E-state index in [0.29, 0.717) is 11.3 Å². The maximum absolute atomic E-state index is 12.5. The molecule has 0 aromatic heterocycles. The van der Waals surface area contributed by atoms with Crippen LogP contribution < -0.4 is 10.2 Å². The first-order chi connectivity index (χ1) is 12.7. The van der Waals surface area contributed by atoms with E-state index in [4.69, 9.17) is 5.26 Å². The molecule has 2 aromatic carbocycles. The second-order valence-corrected chi connectivity index (χ2v) is 7.43. The third-order valence-corrected chi connectivity index (χ3v) is 4.24. The average Bonchev–Trinajstić information content (AvgIpc) is 2.61. The van der Waals surface area contributed by atoms with E-state index in [-0.39, 0.29) is 30.2 Å². The molecule has 0 saturated carbocycles. The molecule has 0 fully saturated rings. The fourth-order valence-corrected chi connectivity index (χ4v) is 2.88. The number of benzene rings is 2. The van der Waals surface area contributed by atoms with Crippen LogP contribution in [0, 0.1) is 11.3 Å². The predicted octanol–water partition coefficient (Wildman–Crippen LogP) is 4.24. The molecule has 140 valence electrons. The van der Waals surface area contributed by atoms with Crippen molar-refractivity contribution in [3.63, 3.8) is 0 Å². The Morgan fingerprint density at radius 3 is 2.44 bits per heavy atom.